The molecule has 2 atom stereocenters. The maximum absolute atomic E-state index is 13.8. The Morgan fingerprint density at radius 3 is 2.24 bits per heavy atom. The number of esters is 1. The van der Waals surface area contributed by atoms with Gasteiger partial charge in [0.1, 0.15) is 23.3 Å². The average molecular weight is 540 g/mol. The molecule has 3 aromatic carbocycles. The Bertz CT molecular complexity index is 1270. The first-order valence-corrected chi connectivity index (χ1v) is 14.6. The molecular weight excluding hydrogens is 501 g/mol. The summed E-state index contributed by atoms with van der Waals surface area (Å²) in [6, 6.07) is 17.5. The molecule has 0 aliphatic heterocycles. The number of ether oxygens (including phenoxy) is 2. The van der Waals surface area contributed by atoms with E-state index in [0.717, 1.165) is 27.8 Å². The highest BCUT2D eigenvalue weighted by molar-refractivity contribution is 7.57. The molecule has 0 aliphatic rings. The number of para-hydroxylation sites is 1. The van der Waals surface area contributed by atoms with Crippen LogP contribution in [0.25, 0.3) is 0 Å². The Morgan fingerprint density at radius 2 is 1.63 bits per heavy atom. The van der Waals surface area contributed by atoms with Crippen LogP contribution < -0.4 is 14.3 Å². The molecule has 0 amide bonds. The van der Waals surface area contributed by atoms with E-state index < -0.39 is 19.5 Å². The largest absolute Gasteiger partial charge is 0.508 e. The van der Waals surface area contributed by atoms with Crippen molar-refractivity contribution in [3.05, 3.63) is 88.5 Å². The molecule has 0 radical (unpaired) electrons. The standard InChI is InChI=1S/C30H38NO6P/c1-7-35-30(33)23(6)31-38(34,37-25-11-9-8-10-12-25)19-36-26-15-21(4)28(22(5)16-26)18-24-13-14-29(32)27(17-24)20(2)3/h8-17,20,23,32H,7,18-19H2,1-6H3,(H,31,34)/t23-,38?/m0/s1. The van der Waals surface area contributed by atoms with Gasteiger partial charge in [-0.3, -0.25) is 9.36 Å². The lowest BCUT2D eigenvalue weighted by Gasteiger charge is -2.24. The second kappa shape index (κ2) is 13.0. The van der Waals surface area contributed by atoms with E-state index in [9.17, 15) is 14.5 Å². The van der Waals surface area contributed by atoms with Crippen LogP contribution >= 0.6 is 7.52 Å². The van der Waals surface area contributed by atoms with E-state index in [1.54, 1.807) is 44.2 Å². The van der Waals surface area contributed by atoms with Crippen molar-refractivity contribution in [2.75, 3.05) is 13.0 Å². The molecule has 0 aromatic heterocycles. The molecule has 0 aliphatic carbocycles. The second-order valence-corrected chi connectivity index (χ2v) is 11.8. The van der Waals surface area contributed by atoms with E-state index >= 15 is 0 Å². The second-order valence-electron chi connectivity index (χ2n) is 9.71. The van der Waals surface area contributed by atoms with Crippen LogP contribution in [0.1, 0.15) is 61.4 Å². The van der Waals surface area contributed by atoms with Crippen LogP contribution in [0.4, 0.5) is 0 Å². The molecule has 2 N–H and O–H groups in total. The third-order valence-electron chi connectivity index (χ3n) is 6.19. The highest BCUT2D eigenvalue weighted by Gasteiger charge is 2.31. The van der Waals surface area contributed by atoms with Gasteiger partial charge in [-0.15, -0.1) is 0 Å². The quantitative estimate of drug-likeness (QED) is 0.192. The minimum Gasteiger partial charge on any atom is -0.508 e. The lowest BCUT2D eigenvalue weighted by Crippen LogP contribution is -2.35. The summed E-state index contributed by atoms with van der Waals surface area (Å²) in [4.78, 5) is 12.2. The number of phenolic OH excluding ortho intramolecular Hbond substituents is 1. The van der Waals surface area contributed by atoms with E-state index in [1.165, 1.54) is 0 Å². The third kappa shape index (κ3) is 7.86. The number of benzene rings is 3. The Hall–Kier alpha value is -3.28. The zero-order valence-corrected chi connectivity index (χ0v) is 23.9. The fourth-order valence-electron chi connectivity index (χ4n) is 4.21. The van der Waals surface area contributed by atoms with Crippen molar-refractivity contribution in [2.24, 2.45) is 0 Å². The van der Waals surface area contributed by atoms with Crippen LogP contribution in [0.15, 0.2) is 60.7 Å². The number of nitrogens with one attached hydrogen (secondary N) is 1. The van der Waals surface area contributed by atoms with Gasteiger partial charge in [-0.25, -0.2) is 5.09 Å². The first-order chi connectivity index (χ1) is 18.0. The Morgan fingerprint density at radius 1 is 0.974 bits per heavy atom. The number of phenols is 1. The molecule has 3 aromatic rings. The van der Waals surface area contributed by atoms with E-state index in [2.05, 4.69) is 25.0 Å². The predicted molar refractivity (Wildman–Crippen MR) is 150 cm³/mol. The fourth-order valence-corrected chi connectivity index (χ4v) is 5.87. The molecule has 0 heterocycles. The first-order valence-electron chi connectivity index (χ1n) is 12.8. The third-order valence-corrected chi connectivity index (χ3v) is 7.95. The molecule has 0 saturated heterocycles. The summed E-state index contributed by atoms with van der Waals surface area (Å²) in [6.07, 6.45) is 0.436. The van der Waals surface area contributed by atoms with E-state index in [-0.39, 0.29) is 18.9 Å². The van der Waals surface area contributed by atoms with Gasteiger partial charge in [-0.2, -0.15) is 0 Å². The molecule has 0 spiro atoms. The summed E-state index contributed by atoms with van der Waals surface area (Å²) < 4.78 is 30.6. The summed E-state index contributed by atoms with van der Waals surface area (Å²) in [6.45, 7) is 11.7. The lowest BCUT2D eigenvalue weighted by molar-refractivity contribution is -0.144. The van der Waals surface area contributed by atoms with Crippen LogP contribution in [0.2, 0.25) is 0 Å². The molecule has 204 valence electrons. The van der Waals surface area contributed by atoms with Gasteiger partial charge < -0.3 is 19.1 Å². The number of carbonyl (C=O) groups is 1. The van der Waals surface area contributed by atoms with E-state index in [0.29, 0.717) is 23.7 Å². The van der Waals surface area contributed by atoms with Crippen molar-refractivity contribution >= 4 is 13.5 Å². The highest BCUT2D eigenvalue weighted by Crippen LogP contribution is 2.44. The zero-order chi connectivity index (χ0) is 27.9. The maximum atomic E-state index is 13.8. The fraction of sp³-hybridized carbons (Fsp3) is 0.367. The van der Waals surface area contributed by atoms with Gasteiger partial charge >= 0.3 is 13.5 Å². The Kier molecular flexibility index (Phi) is 10.0. The molecule has 0 saturated carbocycles. The number of hydrogen-bond acceptors (Lipinski definition) is 6. The van der Waals surface area contributed by atoms with Gasteiger partial charge in [0, 0.05) is 0 Å². The normalized spacial score (nSPS) is 13.6. The molecule has 0 fully saturated rings. The lowest BCUT2D eigenvalue weighted by atomic mass is 9.93. The summed E-state index contributed by atoms with van der Waals surface area (Å²) >= 11 is 0. The molecule has 1 unspecified atom stereocenters. The Labute approximate surface area is 225 Å². The van der Waals surface area contributed by atoms with Crippen molar-refractivity contribution in [1.29, 1.82) is 0 Å². The minimum absolute atomic E-state index is 0.221. The van der Waals surface area contributed by atoms with Gasteiger partial charge in [0.05, 0.1) is 6.61 Å². The number of hydrogen-bond donors (Lipinski definition) is 2. The van der Waals surface area contributed by atoms with Gasteiger partial charge in [-0.05, 0) is 98.2 Å². The van der Waals surface area contributed by atoms with Crippen LogP contribution in [0, 0.1) is 13.8 Å². The predicted octanol–water partition coefficient (Wildman–Crippen LogP) is 6.87. The monoisotopic (exact) mass is 539 g/mol. The summed E-state index contributed by atoms with van der Waals surface area (Å²) in [5, 5.41) is 13.0. The van der Waals surface area contributed by atoms with Crippen LogP contribution in [0.3, 0.4) is 0 Å². The summed E-state index contributed by atoms with van der Waals surface area (Å²) in [7, 11) is -3.65. The van der Waals surface area contributed by atoms with Crippen molar-refractivity contribution in [3.8, 4) is 17.2 Å². The van der Waals surface area contributed by atoms with Crippen molar-refractivity contribution < 1.29 is 28.5 Å². The molecule has 0 bridgehead atoms. The van der Waals surface area contributed by atoms with E-state index in [1.807, 2.05) is 38.1 Å². The number of rotatable bonds is 12. The van der Waals surface area contributed by atoms with Crippen LogP contribution in [0.5, 0.6) is 17.2 Å². The Balaban J connectivity index is 1.79. The average Bonchev–Trinajstić information content (AvgIpc) is 2.86. The van der Waals surface area contributed by atoms with Gasteiger partial charge in [-0.1, -0.05) is 44.2 Å². The molecule has 3 rings (SSSR count). The number of aromatic hydroxyl groups is 1. The molecular formula is C30H38NO6P. The molecule has 38 heavy (non-hydrogen) atoms. The van der Waals surface area contributed by atoms with Crippen LogP contribution in [-0.2, 0) is 20.5 Å². The SMILES string of the molecule is CCOC(=O)[C@H](C)NP(=O)(COc1cc(C)c(Cc2ccc(O)c(C(C)C)c2)c(C)c1)Oc1ccccc1. The molecule has 7 nitrogen and oxygen atoms in total. The minimum atomic E-state index is -3.65. The van der Waals surface area contributed by atoms with Crippen molar-refractivity contribution in [3.63, 3.8) is 0 Å². The summed E-state index contributed by atoms with van der Waals surface area (Å²) in [5.74, 6) is 0.978. The molecule has 8 heteroatoms. The highest BCUT2D eigenvalue weighted by atomic mass is 31.2. The topological polar surface area (TPSA) is 94.1 Å². The first kappa shape index (κ1) is 29.3. The van der Waals surface area contributed by atoms with Crippen molar-refractivity contribution in [1.82, 2.24) is 5.09 Å². The van der Waals surface area contributed by atoms with Gasteiger partial charge in [0.15, 0.2) is 6.35 Å². The number of aryl methyl sites for hydroxylation is 2. The smallest absolute Gasteiger partial charge is 0.354 e. The van der Waals surface area contributed by atoms with Gasteiger partial charge in [0.2, 0.25) is 0 Å². The zero-order valence-electron chi connectivity index (χ0n) is 23.0. The van der Waals surface area contributed by atoms with Crippen LogP contribution in [-0.4, -0.2) is 30.1 Å². The van der Waals surface area contributed by atoms with Gasteiger partial charge in [0.25, 0.3) is 0 Å². The number of carbonyl (C=O) groups excluding carboxylic acids is 1. The van der Waals surface area contributed by atoms with E-state index in [4.69, 9.17) is 14.0 Å². The van der Waals surface area contributed by atoms with Crippen molar-refractivity contribution in [2.45, 2.75) is 59.9 Å². The maximum Gasteiger partial charge on any atom is 0.354 e. The summed E-state index contributed by atoms with van der Waals surface area (Å²) in [5.41, 5.74) is 5.27.